The summed E-state index contributed by atoms with van der Waals surface area (Å²) in [7, 11) is 0. The van der Waals surface area contributed by atoms with Crippen molar-refractivity contribution >= 4 is 11.8 Å². The SMILES string of the molecule is CCCCCSc1ccccc1CNC(C)(C)C. The van der Waals surface area contributed by atoms with Crippen molar-refractivity contribution < 1.29 is 0 Å². The van der Waals surface area contributed by atoms with Crippen LogP contribution in [0.15, 0.2) is 29.2 Å². The molecule has 1 rings (SSSR count). The first-order chi connectivity index (χ1) is 8.53. The Morgan fingerprint density at radius 2 is 1.83 bits per heavy atom. The molecule has 1 aromatic rings. The van der Waals surface area contributed by atoms with Crippen LogP contribution in [-0.2, 0) is 6.54 Å². The van der Waals surface area contributed by atoms with E-state index in [1.807, 2.05) is 11.8 Å². The molecular weight excluding hydrogens is 238 g/mol. The van der Waals surface area contributed by atoms with E-state index in [0.29, 0.717) is 0 Å². The predicted molar refractivity (Wildman–Crippen MR) is 83.3 cm³/mol. The Hall–Kier alpha value is -0.470. The van der Waals surface area contributed by atoms with Crippen LogP contribution < -0.4 is 5.32 Å². The molecule has 0 heterocycles. The molecule has 2 heteroatoms. The highest BCUT2D eigenvalue weighted by atomic mass is 32.2. The predicted octanol–water partition coefficient (Wildman–Crippen LogP) is 4.86. The summed E-state index contributed by atoms with van der Waals surface area (Å²) in [6.07, 6.45) is 3.96. The zero-order valence-corrected chi connectivity index (χ0v) is 13.1. The first kappa shape index (κ1) is 15.6. The van der Waals surface area contributed by atoms with Gasteiger partial charge in [-0.05, 0) is 44.6 Å². The number of rotatable bonds is 7. The van der Waals surface area contributed by atoms with Crippen molar-refractivity contribution in [2.45, 2.75) is 63.9 Å². The number of nitrogens with one attached hydrogen (secondary N) is 1. The molecule has 1 aromatic carbocycles. The molecule has 0 aliphatic heterocycles. The Morgan fingerprint density at radius 1 is 1.11 bits per heavy atom. The summed E-state index contributed by atoms with van der Waals surface area (Å²) in [6, 6.07) is 8.76. The van der Waals surface area contributed by atoms with Crippen LogP contribution in [0.3, 0.4) is 0 Å². The second-order valence-electron chi connectivity index (χ2n) is 5.77. The van der Waals surface area contributed by atoms with Gasteiger partial charge in [0.25, 0.3) is 0 Å². The van der Waals surface area contributed by atoms with Gasteiger partial charge in [0.15, 0.2) is 0 Å². The van der Waals surface area contributed by atoms with E-state index in [-0.39, 0.29) is 5.54 Å². The highest BCUT2D eigenvalue weighted by Gasteiger charge is 2.10. The van der Waals surface area contributed by atoms with Gasteiger partial charge in [-0.1, -0.05) is 38.0 Å². The van der Waals surface area contributed by atoms with E-state index in [1.54, 1.807) is 0 Å². The van der Waals surface area contributed by atoms with Crippen LogP contribution in [0.2, 0.25) is 0 Å². The van der Waals surface area contributed by atoms with Crippen molar-refractivity contribution in [3.8, 4) is 0 Å². The second kappa shape index (κ2) is 7.85. The fraction of sp³-hybridized carbons (Fsp3) is 0.625. The molecule has 0 fully saturated rings. The van der Waals surface area contributed by atoms with Crippen LogP contribution in [0.1, 0.15) is 52.5 Å². The molecule has 0 atom stereocenters. The van der Waals surface area contributed by atoms with Gasteiger partial charge < -0.3 is 5.32 Å². The van der Waals surface area contributed by atoms with Gasteiger partial charge in [-0.15, -0.1) is 11.8 Å². The Balaban J connectivity index is 2.51. The van der Waals surface area contributed by atoms with Gasteiger partial charge in [0, 0.05) is 17.0 Å². The maximum absolute atomic E-state index is 3.57. The van der Waals surface area contributed by atoms with Crippen molar-refractivity contribution in [3.63, 3.8) is 0 Å². The average Bonchev–Trinajstić information content (AvgIpc) is 2.32. The lowest BCUT2D eigenvalue weighted by Crippen LogP contribution is -2.35. The average molecular weight is 265 g/mol. The van der Waals surface area contributed by atoms with Gasteiger partial charge in [-0.2, -0.15) is 0 Å². The number of hydrogen-bond acceptors (Lipinski definition) is 2. The van der Waals surface area contributed by atoms with E-state index in [0.717, 1.165) is 6.54 Å². The van der Waals surface area contributed by atoms with E-state index in [4.69, 9.17) is 0 Å². The monoisotopic (exact) mass is 265 g/mol. The van der Waals surface area contributed by atoms with Gasteiger partial charge in [-0.25, -0.2) is 0 Å². The number of benzene rings is 1. The summed E-state index contributed by atoms with van der Waals surface area (Å²) in [5.74, 6) is 1.24. The molecule has 0 unspecified atom stereocenters. The Labute approximate surface area is 117 Å². The largest absolute Gasteiger partial charge is 0.308 e. The third kappa shape index (κ3) is 6.46. The van der Waals surface area contributed by atoms with Crippen LogP contribution in [0.25, 0.3) is 0 Å². The molecular formula is C16H27NS. The quantitative estimate of drug-likeness (QED) is 0.558. The van der Waals surface area contributed by atoms with E-state index in [1.165, 1.54) is 35.5 Å². The molecule has 0 aromatic heterocycles. The Morgan fingerprint density at radius 3 is 2.50 bits per heavy atom. The summed E-state index contributed by atoms with van der Waals surface area (Å²) >= 11 is 2.00. The molecule has 18 heavy (non-hydrogen) atoms. The highest BCUT2D eigenvalue weighted by Crippen LogP contribution is 2.24. The van der Waals surface area contributed by atoms with Crippen molar-refractivity contribution in [1.82, 2.24) is 5.32 Å². The summed E-state index contributed by atoms with van der Waals surface area (Å²) in [6.45, 7) is 9.85. The zero-order chi connectivity index (χ0) is 13.4. The highest BCUT2D eigenvalue weighted by molar-refractivity contribution is 7.99. The molecule has 0 amide bonds. The van der Waals surface area contributed by atoms with Crippen LogP contribution in [-0.4, -0.2) is 11.3 Å². The van der Waals surface area contributed by atoms with Crippen molar-refractivity contribution in [1.29, 1.82) is 0 Å². The Kier molecular flexibility index (Phi) is 6.80. The van der Waals surface area contributed by atoms with Crippen molar-refractivity contribution in [3.05, 3.63) is 29.8 Å². The number of hydrogen-bond donors (Lipinski definition) is 1. The number of unbranched alkanes of at least 4 members (excludes halogenated alkanes) is 2. The fourth-order valence-corrected chi connectivity index (χ4v) is 2.75. The minimum absolute atomic E-state index is 0.181. The van der Waals surface area contributed by atoms with Gasteiger partial charge in [0.05, 0.1) is 0 Å². The summed E-state index contributed by atoms with van der Waals surface area (Å²) in [4.78, 5) is 1.44. The molecule has 102 valence electrons. The first-order valence-corrected chi connectivity index (χ1v) is 7.97. The molecule has 0 spiro atoms. The van der Waals surface area contributed by atoms with Crippen LogP contribution in [0, 0.1) is 0 Å². The molecule has 1 N–H and O–H groups in total. The smallest absolute Gasteiger partial charge is 0.0221 e. The van der Waals surface area contributed by atoms with E-state index < -0.39 is 0 Å². The maximum Gasteiger partial charge on any atom is 0.0221 e. The molecule has 0 radical (unpaired) electrons. The summed E-state index contributed by atoms with van der Waals surface area (Å²) < 4.78 is 0. The van der Waals surface area contributed by atoms with Gasteiger partial charge in [-0.3, -0.25) is 0 Å². The van der Waals surface area contributed by atoms with Crippen LogP contribution in [0.4, 0.5) is 0 Å². The van der Waals surface area contributed by atoms with Gasteiger partial charge in [0.1, 0.15) is 0 Å². The van der Waals surface area contributed by atoms with Crippen molar-refractivity contribution in [2.75, 3.05) is 5.75 Å². The molecule has 0 bridgehead atoms. The Bertz CT molecular complexity index is 341. The van der Waals surface area contributed by atoms with E-state index in [9.17, 15) is 0 Å². The topological polar surface area (TPSA) is 12.0 Å². The molecule has 0 saturated carbocycles. The minimum Gasteiger partial charge on any atom is -0.308 e. The molecule has 0 saturated heterocycles. The second-order valence-corrected chi connectivity index (χ2v) is 6.90. The summed E-state index contributed by atoms with van der Waals surface area (Å²) in [5.41, 5.74) is 1.61. The normalized spacial score (nSPS) is 11.8. The first-order valence-electron chi connectivity index (χ1n) is 6.98. The maximum atomic E-state index is 3.57. The molecule has 0 aliphatic rings. The molecule has 0 aliphatic carbocycles. The molecule has 1 nitrogen and oxygen atoms in total. The van der Waals surface area contributed by atoms with Gasteiger partial charge >= 0.3 is 0 Å². The lowest BCUT2D eigenvalue weighted by Gasteiger charge is -2.21. The fourth-order valence-electron chi connectivity index (χ4n) is 1.69. The van der Waals surface area contributed by atoms with Crippen LogP contribution >= 0.6 is 11.8 Å². The summed E-state index contributed by atoms with van der Waals surface area (Å²) in [5, 5.41) is 3.57. The van der Waals surface area contributed by atoms with E-state index in [2.05, 4.69) is 57.3 Å². The zero-order valence-electron chi connectivity index (χ0n) is 12.3. The number of thioether (sulfide) groups is 1. The third-order valence-electron chi connectivity index (χ3n) is 2.79. The lowest BCUT2D eigenvalue weighted by molar-refractivity contribution is 0.422. The third-order valence-corrected chi connectivity index (χ3v) is 3.99. The lowest BCUT2D eigenvalue weighted by atomic mass is 10.1. The van der Waals surface area contributed by atoms with Crippen molar-refractivity contribution in [2.24, 2.45) is 0 Å². The van der Waals surface area contributed by atoms with Gasteiger partial charge in [0.2, 0.25) is 0 Å². The van der Waals surface area contributed by atoms with Crippen LogP contribution in [0.5, 0.6) is 0 Å². The van der Waals surface area contributed by atoms with E-state index >= 15 is 0 Å². The standard InChI is InChI=1S/C16H27NS/c1-5-6-9-12-18-15-11-8-7-10-14(15)13-17-16(2,3)4/h7-8,10-11,17H,5-6,9,12-13H2,1-4H3. The minimum atomic E-state index is 0.181.